The van der Waals surface area contributed by atoms with Gasteiger partial charge in [0, 0.05) is 6.07 Å². The predicted octanol–water partition coefficient (Wildman–Crippen LogP) is 0.737. The van der Waals surface area contributed by atoms with Crippen molar-refractivity contribution < 1.29 is 22.8 Å². The van der Waals surface area contributed by atoms with E-state index in [4.69, 9.17) is 5.11 Å². The maximum absolute atomic E-state index is 11.7. The minimum absolute atomic E-state index is 0.238. The Balaban J connectivity index is 2.64. The van der Waals surface area contributed by atoms with Gasteiger partial charge in [-0.3, -0.25) is 4.79 Å². The van der Waals surface area contributed by atoms with Crippen molar-refractivity contribution in [2.24, 2.45) is 0 Å². The number of nitrogens with zero attached hydrogens (tertiary/aromatic N) is 1. The fourth-order valence-corrected chi connectivity index (χ4v) is 2.68. The van der Waals surface area contributed by atoms with E-state index in [1.807, 2.05) is 6.92 Å². The van der Waals surface area contributed by atoms with Crippen LogP contribution in [0.15, 0.2) is 16.9 Å². The second kappa shape index (κ2) is 6.50. The van der Waals surface area contributed by atoms with Crippen molar-refractivity contribution in [3.05, 3.63) is 18.0 Å². The quantitative estimate of drug-likeness (QED) is 0.724. The molecule has 0 aliphatic rings. The van der Waals surface area contributed by atoms with Gasteiger partial charge in [0.05, 0.1) is 5.69 Å². The molecule has 1 unspecified atom stereocenters. The molecule has 1 atom stereocenters. The third kappa shape index (κ3) is 4.84. The molecule has 1 heterocycles. The molecule has 0 saturated carbocycles. The maximum atomic E-state index is 11.7. The molecule has 1 aromatic heterocycles. The summed E-state index contributed by atoms with van der Waals surface area (Å²) in [5, 5.41) is 12.4. The van der Waals surface area contributed by atoms with E-state index < -0.39 is 22.0 Å². The van der Waals surface area contributed by atoms with Crippen LogP contribution >= 0.6 is 0 Å². The molecule has 0 spiro atoms. The first-order valence-corrected chi connectivity index (χ1v) is 7.22. The maximum Gasteiger partial charge on any atom is 0.321 e. The van der Waals surface area contributed by atoms with Crippen molar-refractivity contribution in [1.29, 1.82) is 0 Å². The third-order valence-electron chi connectivity index (χ3n) is 2.30. The van der Waals surface area contributed by atoms with Gasteiger partial charge in [-0.15, -0.1) is 0 Å². The first-order chi connectivity index (χ1) is 8.44. The summed E-state index contributed by atoms with van der Waals surface area (Å²) in [6.45, 7) is 1.91. The van der Waals surface area contributed by atoms with Crippen LogP contribution < -0.4 is 4.72 Å². The van der Waals surface area contributed by atoms with E-state index in [0.29, 0.717) is 6.42 Å². The molecule has 2 N–H and O–H groups in total. The number of unbranched alkanes of at least 4 members (excludes halogenated alkanes) is 1. The molecule has 7 nitrogen and oxygen atoms in total. The van der Waals surface area contributed by atoms with Gasteiger partial charge < -0.3 is 9.63 Å². The lowest BCUT2D eigenvalue weighted by molar-refractivity contribution is -0.139. The summed E-state index contributed by atoms with van der Waals surface area (Å²) in [4.78, 5) is 10.9. The van der Waals surface area contributed by atoms with Gasteiger partial charge in [-0.25, -0.2) is 13.1 Å². The highest BCUT2D eigenvalue weighted by atomic mass is 32.2. The topological polar surface area (TPSA) is 110 Å². The average Bonchev–Trinajstić information content (AvgIpc) is 2.75. The van der Waals surface area contributed by atoms with Crippen LogP contribution in [0.1, 0.15) is 31.9 Å². The number of aromatic nitrogens is 1. The molecular weight excluding hydrogens is 260 g/mol. The third-order valence-corrected chi connectivity index (χ3v) is 3.61. The zero-order valence-corrected chi connectivity index (χ0v) is 10.8. The number of nitrogens with one attached hydrogen (secondary N) is 1. The summed E-state index contributed by atoms with van der Waals surface area (Å²) in [5.41, 5.74) is 0.238. The Labute approximate surface area is 105 Å². The first-order valence-electron chi connectivity index (χ1n) is 5.56. The van der Waals surface area contributed by atoms with Crippen molar-refractivity contribution in [2.45, 2.75) is 38.0 Å². The lowest BCUT2D eigenvalue weighted by atomic mass is 10.1. The van der Waals surface area contributed by atoms with E-state index in [0.717, 1.165) is 6.42 Å². The molecule has 0 amide bonds. The SMILES string of the molecule is CCCCC(NS(=O)(=O)Cc1ccon1)C(=O)O. The van der Waals surface area contributed by atoms with Gasteiger partial charge in [0.2, 0.25) is 10.0 Å². The van der Waals surface area contributed by atoms with Crippen LogP contribution in [0.5, 0.6) is 0 Å². The molecular formula is C10H16N2O5S. The Morgan fingerprint density at radius 3 is 2.83 bits per heavy atom. The smallest absolute Gasteiger partial charge is 0.321 e. The number of hydrogen-bond donors (Lipinski definition) is 2. The summed E-state index contributed by atoms with van der Waals surface area (Å²) >= 11 is 0. The lowest BCUT2D eigenvalue weighted by Gasteiger charge is -2.13. The molecule has 1 aromatic rings. The number of rotatable bonds is 8. The Morgan fingerprint density at radius 2 is 2.33 bits per heavy atom. The number of hydrogen-bond acceptors (Lipinski definition) is 5. The Bertz CT molecular complexity index is 468. The van der Waals surface area contributed by atoms with E-state index in [1.54, 1.807) is 0 Å². The number of carboxylic acids is 1. The summed E-state index contributed by atoms with van der Waals surface area (Å²) in [6.07, 6.45) is 2.97. The van der Waals surface area contributed by atoms with Crippen LogP contribution in [-0.2, 0) is 20.6 Å². The second-order valence-electron chi connectivity index (χ2n) is 3.90. The van der Waals surface area contributed by atoms with Crippen molar-refractivity contribution in [3.63, 3.8) is 0 Å². The van der Waals surface area contributed by atoms with E-state index in [9.17, 15) is 13.2 Å². The fourth-order valence-electron chi connectivity index (χ4n) is 1.41. The molecule has 0 bridgehead atoms. The van der Waals surface area contributed by atoms with Gasteiger partial charge in [-0.05, 0) is 6.42 Å². The molecule has 18 heavy (non-hydrogen) atoms. The predicted molar refractivity (Wildman–Crippen MR) is 63.2 cm³/mol. The van der Waals surface area contributed by atoms with E-state index in [-0.39, 0.29) is 17.9 Å². The van der Waals surface area contributed by atoms with Crippen LogP contribution in [0, 0.1) is 0 Å². The average molecular weight is 276 g/mol. The highest BCUT2D eigenvalue weighted by molar-refractivity contribution is 7.88. The summed E-state index contributed by atoms with van der Waals surface area (Å²) in [5.74, 6) is -1.56. The van der Waals surface area contributed by atoms with Crippen LogP contribution in [0.3, 0.4) is 0 Å². The summed E-state index contributed by atoms with van der Waals surface area (Å²) in [6, 6.07) is 0.322. The van der Waals surface area contributed by atoms with E-state index >= 15 is 0 Å². The highest BCUT2D eigenvalue weighted by Gasteiger charge is 2.24. The van der Waals surface area contributed by atoms with Crippen molar-refractivity contribution in [1.82, 2.24) is 9.88 Å². The molecule has 0 saturated heterocycles. The number of sulfonamides is 1. The van der Waals surface area contributed by atoms with Gasteiger partial charge in [0.25, 0.3) is 0 Å². The van der Waals surface area contributed by atoms with Crippen molar-refractivity contribution in [2.75, 3.05) is 0 Å². The summed E-state index contributed by atoms with van der Waals surface area (Å²) in [7, 11) is -3.73. The minimum Gasteiger partial charge on any atom is -0.480 e. The summed E-state index contributed by atoms with van der Waals surface area (Å²) < 4.78 is 30.1. The molecule has 0 aliphatic carbocycles. The standard InChI is InChI=1S/C10H16N2O5S/c1-2-3-4-9(10(13)14)12-18(15,16)7-8-5-6-17-11-8/h5-6,9,12H,2-4,7H2,1H3,(H,13,14). The molecule has 0 radical (unpaired) electrons. The minimum atomic E-state index is -3.73. The highest BCUT2D eigenvalue weighted by Crippen LogP contribution is 2.06. The number of aliphatic carboxylic acids is 1. The first kappa shape index (κ1) is 14.7. The fraction of sp³-hybridized carbons (Fsp3) is 0.600. The van der Waals surface area contributed by atoms with Crippen LogP contribution in [0.25, 0.3) is 0 Å². The zero-order chi connectivity index (χ0) is 13.6. The zero-order valence-electron chi connectivity index (χ0n) is 10.00. The molecule has 0 aliphatic heterocycles. The van der Waals surface area contributed by atoms with Crippen LogP contribution in [-0.4, -0.2) is 30.7 Å². The Kier molecular flexibility index (Phi) is 5.29. The van der Waals surface area contributed by atoms with Gasteiger partial charge in [0.1, 0.15) is 18.1 Å². The van der Waals surface area contributed by atoms with Crippen molar-refractivity contribution in [3.8, 4) is 0 Å². The lowest BCUT2D eigenvalue weighted by Crippen LogP contribution is -2.41. The second-order valence-corrected chi connectivity index (χ2v) is 5.65. The largest absolute Gasteiger partial charge is 0.480 e. The van der Waals surface area contributed by atoms with Crippen molar-refractivity contribution >= 4 is 16.0 Å². The number of carboxylic acid groups (broad SMARTS) is 1. The molecule has 0 fully saturated rings. The number of carbonyl (C=O) groups is 1. The van der Waals surface area contributed by atoms with E-state index in [1.165, 1.54) is 12.3 Å². The molecule has 102 valence electrons. The van der Waals surface area contributed by atoms with Gasteiger partial charge in [-0.2, -0.15) is 0 Å². The van der Waals surface area contributed by atoms with Gasteiger partial charge in [0.15, 0.2) is 0 Å². The molecule has 8 heteroatoms. The normalized spacial score (nSPS) is 13.4. The Hall–Kier alpha value is -1.41. The Morgan fingerprint density at radius 1 is 1.61 bits per heavy atom. The van der Waals surface area contributed by atoms with E-state index in [2.05, 4.69) is 14.4 Å². The van der Waals surface area contributed by atoms with Crippen LogP contribution in [0.4, 0.5) is 0 Å². The molecule has 1 rings (SSSR count). The molecule has 0 aromatic carbocycles. The monoisotopic (exact) mass is 276 g/mol. The van der Waals surface area contributed by atoms with Crippen LogP contribution in [0.2, 0.25) is 0 Å². The van der Waals surface area contributed by atoms with Gasteiger partial charge >= 0.3 is 5.97 Å². The van der Waals surface area contributed by atoms with Gasteiger partial charge in [-0.1, -0.05) is 24.9 Å².